The van der Waals surface area contributed by atoms with Crippen molar-refractivity contribution in [3.05, 3.63) is 0 Å². The second-order valence-electron chi connectivity index (χ2n) is 0.707. The standard InChI is InChI=1S/C3H8.8FH/c1-3-2;;;;;;;;/h3H2,1-2H3;8*1H. The fourth-order valence-corrected chi connectivity index (χ4v) is 0. The molecule has 0 unspecified atom stereocenters. The Morgan fingerprint density at radius 1 is 0.455 bits per heavy atom. The molecule has 11 heavy (non-hydrogen) atoms. The van der Waals surface area contributed by atoms with Crippen LogP contribution in [0.1, 0.15) is 20.3 Å². The van der Waals surface area contributed by atoms with Gasteiger partial charge in [0.25, 0.3) is 0 Å². The van der Waals surface area contributed by atoms with Crippen molar-refractivity contribution in [3.8, 4) is 0 Å². The van der Waals surface area contributed by atoms with Gasteiger partial charge in [0.05, 0.1) is 0 Å². The Balaban J connectivity index is -0.000000000714. The van der Waals surface area contributed by atoms with Crippen molar-refractivity contribution in [2.75, 3.05) is 0 Å². The summed E-state index contributed by atoms with van der Waals surface area (Å²) in [5, 5.41) is 0. The van der Waals surface area contributed by atoms with Crippen LogP contribution < -0.4 is 0 Å². The Morgan fingerprint density at radius 3 is 0.455 bits per heavy atom. The summed E-state index contributed by atoms with van der Waals surface area (Å²) in [6.45, 7) is 4.25. The zero-order valence-corrected chi connectivity index (χ0v) is 5.97. The van der Waals surface area contributed by atoms with Crippen LogP contribution in [-0.2, 0) is 0 Å². The SMILES string of the molecule is CCC.F.F.F.F.F.F.F.F. The van der Waals surface area contributed by atoms with Crippen molar-refractivity contribution in [1.29, 1.82) is 0 Å². The summed E-state index contributed by atoms with van der Waals surface area (Å²) >= 11 is 0. The van der Waals surface area contributed by atoms with E-state index in [-0.39, 0.29) is 37.6 Å². The van der Waals surface area contributed by atoms with Gasteiger partial charge in [0.1, 0.15) is 0 Å². The summed E-state index contributed by atoms with van der Waals surface area (Å²) in [6, 6.07) is 0. The van der Waals surface area contributed by atoms with Crippen molar-refractivity contribution in [1.82, 2.24) is 0 Å². The first kappa shape index (κ1) is 449. The molecule has 0 N–H and O–H groups in total. The molecule has 0 aliphatic carbocycles. The highest BCUT2D eigenvalue weighted by atomic mass is 19.0. The van der Waals surface area contributed by atoms with Crippen LogP contribution in [0, 0.1) is 0 Å². The van der Waals surface area contributed by atoms with E-state index in [9.17, 15) is 0 Å². The van der Waals surface area contributed by atoms with Gasteiger partial charge in [0, 0.05) is 0 Å². The molecule has 0 aromatic rings. The van der Waals surface area contributed by atoms with Crippen molar-refractivity contribution in [2.45, 2.75) is 20.3 Å². The van der Waals surface area contributed by atoms with Crippen LogP contribution in [0.3, 0.4) is 0 Å². The molecule has 0 rings (SSSR count). The average Bonchev–Trinajstić information content (AvgIpc) is 0.918. The molecular weight excluding hydrogens is 188 g/mol. The lowest BCUT2D eigenvalue weighted by Crippen LogP contribution is -1.27. The zero-order valence-electron chi connectivity index (χ0n) is 5.97. The Hall–Kier alpha value is -0.560. The molecule has 0 fully saturated rings. The number of hydrogen-bond acceptors (Lipinski definition) is 0. The van der Waals surface area contributed by atoms with Gasteiger partial charge in [-0.2, -0.15) is 0 Å². The Bertz CT molecular complexity index is 9.30. The lowest BCUT2D eigenvalue weighted by Gasteiger charge is -1.48. The van der Waals surface area contributed by atoms with Gasteiger partial charge in [-0.15, -0.1) is 0 Å². The summed E-state index contributed by atoms with van der Waals surface area (Å²) in [6.07, 6.45) is 1.25. The Kier molecular flexibility index (Phi) is 142000. The van der Waals surface area contributed by atoms with Gasteiger partial charge >= 0.3 is 0 Å². The molecule has 0 bridgehead atoms. The highest BCUT2D eigenvalue weighted by Crippen LogP contribution is 1.56. The molecule has 0 saturated carbocycles. The van der Waals surface area contributed by atoms with E-state index in [2.05, 4.69) is 13.8 Å². The minimum atomic E-state index is 0. The molecule has 0 aromatic heterocycles. The molecule has 0 radical (unpaired) electrons. The third-order valence-corrected chi connectivity index (χ3v) is 0. The first-order valence-corrected chi connectivity index (χ1v) is 1.41. The molecule has 0 aliphatic heterocycles. The van der Waals surface area contributed by atoms with Gasteiger partial charge in [0.15, 0.2) is 0 Å². The smallest absolute Gasteiger partial charge is 0.0590 e. The molecule has 0 amide bonds. The third-order valence-electron chi connectivity index (χ3n) is 0. The molecule has 0 atom stereocenters. The summed E-state index contributed by atoms with van der Waals surface area (Å²) in [5.41, 5.74) is 0. The van der Waals surface area contributed by atoms with E-state index in [0.29, 0.717) is 0 Å². The van der Waals surface area contributed by atoms with Gasteiger partial charge in [-0.25, -0.2) is 0 Å². The van der Waals surface area contributed by atoms with Crippen molar-refractivity contribution in [3.63, 3.8) is 0 Å². The monoisotopic (exact) mass is 204 g/mol. The lowest BCUT2D eigenvalue weighted by molar-refractivity contribution is 1.09. The molecule has 0 aliphatic rings. The second-order valence-corrected chi connectivity index (χ2v) is 0.707. The first-order chi connectivity index (χ1) is 1.41. The van der Waals surface area contributed by atoms with Crippen LogP contribution in [0.5, 0.6) is 0 Å². The van der Waals surface area contributed by atoms with Crippen molar-refractivity contribution < 1.29 is 37.6 Å². The maximum atomic E-state index is 2.12. The minimum Gasteiger partial charge on any atom is -0.269 e. The minimum absolute atomic E-state index is 0. The van der Waals surface area contributed by atoms with E-state index in [4.69, 9.17) is 0 Å². The van der Waals surface area contributed by atoms with Crippen LogP contribution in [-0.4, -0.2) is 0 Å². The molecule has 84 valence electrons. The Morgan fingerprint density at radius 2 is 0.455 bits per heavy atom. The molecular formula is C3H16F8. The summed E-state index contributed by atoms with van der Waals surface area (Å²) in [4.78, 5) is 0. The third kappa shape index (κ3) is 1670. The maximum Gasteiger partial charge on any atom is -0.0590 e. The summed E-state index contributed by atoms with van der Waals surface area (Å²) in [7, 11) is 0. The fraction of sp³-hybridized carbons (Fsp3) is 1.00. The van der Waals surface area contributed by atoms with Gasteiger partial charge in [-0.05, 0) is 0 Å². The molecule has 0 saturated heterocycles. The van der Waals surface area contributed by atoms with Crippen LogP contribution in [0.2, 0.25) is 0 Å². The van der Waals surface area contributed by atoms with E-state index in [0.717, 1.165) is 0 Å². The van der Waals surface area contributed by atoms with E-state index < -0.39 is 0 Å². The fourth-order valence-electron chi connectivity index (χ4n) is 0. The average molecular weight is 204 g/mol. The maximum absolute atomic E-state index is 2.12. The van der Waals surface area contributed by atoms with Crippen molar-refractivity contribution in [2.24, 2.45) is 0 Å². The Labute approximate surface area is 59.3 Å². The summed E-state index contributed by atoms with van der Waals surface area (Å²) in [5.74, 6) is 0. The van der Waals surface area contributed by atoms with E-state index in [1.807, 2.05) is 0 Å². The normalized spacial score (nSPS) is 1.64. The second kappa shape index (κ2) is 3470. The number of halogens is 8. The highest BCUT2D eigenvalue weighted by molar-refractivity contribution is 3.92. The van der Waals surface area contributed by atoms with Crippen LogP contribution in [0.25, 0.3) is 0 Å². The molecule has 8 heteroatoms. The lowest BCUT2D eigenvalue weighted by atomic mass is 10.6. The number of hydrogen-bond donors (Lipinski definition) is 0. The van der Waals surface area contributed by atoms with Gasteiger partial charge in [0.2, 0.25) is 0 Å². The van der Waals surface area contributed by atoms with Crippen LogP contribution in [0.4, 0.5) is 37.6 Å². The van der Waals surface area contributed by atoms with Gasteiger partial charge in [-0.3, -0.25) is 37.6 Å². The van der Waals surface area contributed by atoms with Crippen LogP contribution >= 0.6 is 0 Å². The highest BCUT2D eigenvalue weighted by Gasteiger charge is 1.35. The topological polar surface area (TPSA) is 0 Å². The predicted molar refractivity (Wildman–Crippen MR) is 36.0 cm³/mol. The van der Waals surface area contributed by atoms with Crippen molar-refractivity contribution >= 4 is 0 Å². The molecule has 0 aromatic carbocycles. The van der Waals surface area contributed by atoms with E-state index >= 15 is 0 Å². The molecule has 0 nitrogen and oxygen atoms in total. The predicted octanol–water partition coefficient (Wildman–Crippen LogP) is 2.64. The quantitative estimate of drug-likeness (QED) is 0.532. The van der Waals surface area contributed by atoms with E-state index in [1.54, 1.807) is 0 Å². The largest absolute Gasteiger partial charge is 0.269 e. The first-order valence-electron chi connectivity index (χ1n) is 1.41. The zero-order chi connectivity index (χ0) is 2.71. The molecule has 0 spiro atoms. The number of rotatable bonds is 0. The van der Waals surface area contributed by atoms with Gasteiger partial charge < -0.3 is 0 Å². The summed E-state index contributed by atoms with van der Waals surface area (Å²) < 4.78 is 0. The van der Waals surface area contributed by atoms with Gasteiger partial charge in [-0.1, -0.05) is 20.3 Å². The molecule has 0 heterocycles. The van der Waals surface area contributed by atoms with Crippen LogP contribution in [0.15, 0.2) is 0 Å². The van der Waals surface area contributed by atoms with E-state index in [1.165, 1.54) is 6.42 Å².